The van der Waals surface area contributed by atoms with Crippen LogP contribution in [-0.2, 0) is 17.5 Å². The van der Waals surface area contributed by atoms with Gasteiger partial charge in [-0.25, -0.2) is 4.98 Å². The Balaban J connectivity index is 1.86. The van der Waals surface area contributed by atoms with Crippen LogP contribution in [0.2, 0.25) is 0 Å². The molecule has 0 unspecified atom stereocenters. The van der Waals surface area contributed by atoms with Crippen molar-refractivity contribution in [2.45, 2.75) is 25.6 Å². The molecule has 8 heteroatoms. The molecule has 3 N–H and O–H groups in total. The standard InChI is InChI=1S/C15H17F3N4O/c16-15(17,18)12-11(10-2-1-5-20-14(10)21-12)8-22-6-3-9(4-7-22)13(19)23/h1-2,5,9H,3-4,6-8H2,(H2,19,23)(H,20,21). The lowest BCUT2D eigenvalue weighted by atomic mass is 9.96. The first kappa shape index (κ1) is 15.8. The molecule has 2 aromatic heterocycles. The van der Waals surface area contributed by atoms with E-state index >= 15 is 0 Å². The maximum absolute atomic E-state index is 13.3. The van der Waals surface area contributed by atoms with Crippen LogP contribution < -0.4 is 5.73 Å². The molecule has 1 amide bonds. The molecule has 124 valence electrons. The van der Waals surface area contributed by atoms with Crippen molar-refractivity contribution < 1.29 is 18.0 Å². The van der Waals surface area contributed by atoms with Gasteiger partial charge in [0.2, 0.25) is 5.91 Å². The molecule has 1 aliphatic rings. The number of pyridine rings is 1. The highest BCUT2D eigenvalue weighted by Gasteiger charge is 2.37. The molecule has 1 fully saturated rings. The number of piperidine rings is 1. The van der Waals surface area contributed by atoms with Crippen molar-refractivity contribution in [2.24, 2.45) is 11.7 Å². The number of likely N-dealkylation sites (tertiary alicyclic amines) is 1. The Morgan fingerprint density at radius 3 is 2.70 bits per heavy atom. The Morgan fingerprint density at radius 2 is 2.09 bits per heavy atom. The summed E-state index contributed by atoms with van der Waals surface area (Å²) >= 11 is 0. The predicted molar refractivity (Wildman–Crippen MR) is 78.3 cm³/mol. The molecule has 0 radical (unpaired) electrons. The number of hydrogen-bond donors (Lipinski definition) is 2. The summed E-state index contributed by atoms with van der Waals surface area (Å²) in [5, 5.41) is 0.483. The van der Waals surface area contributed by atoms with E-state index < -0.39 is 11.9 Å². The van der Waals surface area contributed by atoms with Gasteiger partial charge in [0.25, 0.3) is 0 Å². The Hall–Kier alpha value is -2.09. The summed E-state index contributed by atoms with van der Waals surface area (Å²) in [5.74, 6) is -0.519. The first-order valence-corrected chi connectivity index (χ1v) is 7.40. The maximum atomic E-state index is 13.3. The minimum absolute atomic E-state index is 0.173. The molecule has 0 aromatic carbocycles. The lowest BCUT2D eigenvalue weighted by molar-refractivity contribution is -0.141. The number of fused-ring (bicyclic) bond motifs is 1. The van der Waals surface area contributed by atoms with Gasteiger partial charge in [0.15, 0.2) is 0 Å². The van der Waals surface area contributed by atoms with Gasteiger partial charge >= 0.3 is 6.18 Å². The normalized spacial score (nSPS) is 17.7. The number of nitrogens with two attached hydrogens (primary N) is 1. The molecule has 0 saturated carbocycles. The van der Waals surface area contributed by atoms with Crippen LogP contribution in [0.3, 0.4) is 0 Å². The zero-order chi connectivity index (χ0) is 16.6. The second-order valence-corrected chi connectivity index (χ2v) is 5.83. The summed E-state index contributed by atoms with van der Waals surface area (Å²) in [6.45, 7) is 1.28. The van der Waals surface area contributed by atoms with E-state index in [9.17, 15) is 18.0 Å². The van der Waals surface area contributed by atoms with Crippen LogP contribution in [0.25, 0.3) is 11.0 Å². The van der Waals surface area contributed by atoms with Crippen LogP contribution in [0, 0.1) is 5.92 Å². The quantitative estimate of drug-likeness (QED) is 0.909. The molecule has 0 atom stereocenters. The van der Waals surface area contributed by atoms with Crippen molar-refractivity contribution in [3.8, 4) is 0 Å². The lowest BCUT2D eigenvalue weighted by Gasteiger charge is -2.30. The van der Waals surface area contributed by atoms with E-state index in [1.54, 1.807) is 12.1 Å². The summed E-state index contributed by atoms with van der Waals surface area (Å²) in [5.41, 5.74) is 4.98. The van der Waals surface area contributed by atoms with Gasteiger partial charge in [0.1, 0.15) is 11.3 Å². The number of rotatable bonds is 3. The molecule has 23 heavy (non-hydrogen) atoms. The van der Waals surface area contributed by atoms with E-state index in [1.807, 2.05) is 4.90 Å². The molecule has 5 nitrogen and oxygen atoms in total. The largest absolute Gasteiger partial charge is 0.431 e. The van der Waals surface area contributed by atoms with E-state index in [1.165, 1.54) is 6.20 Å². The van der Waals surface area contributed by atoms with Crippen molar-refractivity contribution in [2.75, 3.05) is 13.1 Å². The molecule has 2 aromatic rings. The summed E-state index contributed by atoms with van der Waals surface area (Å²) in [6.07, 6.45) is -1.84. The van der Waals surface area contributed by atoms with Crippen LogP contribution in [-0.4, -0.2) is 33.9 Å². The first-order chi connectivity index (χ1) is 10.9. The van der Waals surface area contributed by atoms with Gasteiger partial charge in [0.05, 0.1) is 0 Å². The van der Waals surface area contributed by atoms with Crippen molar-refractivity contribution in [3.63, 3.8) is 0 Å². The fourth-order valence-corrected chi connectivity index (χ4v) is 3.08. The van der Waals surface area contributed by atoms with Crippen molar-refractivity contribution >= 4 is 16.9 Å². The lowest BCUT2D eigenvalue weighted by Crippen LogP contribution is -2.38. The van der Waals surface area contributed by atoms with Gasteiger partial charge in [-0.05, 0) is 38.1 Å². The molecule has 0 aliphatic carbocycles. The average molecular weight is 326 g/mol. The van der Waals surface area contributed by atoms with E-state index in [-0.39, 0.29) is 29.6 Å². The minimum atomic E-state index is -4.46. The number of carbonyl (C=O) groups is 1. The third kappa shape index (κ3) is 3.17. The van der Waals surface area contributed by atoms with Gasteiger partial charge in [0, 0.05) is 29.6 Å². The number of amides is 1. The number of alkyl halides is 3. The van der Waals surface area contributed by atoms with Crippen LogP contribution in [0.5, 0.6) is 0 Å². The van der Waals surface area contributed by atoms with Gasteiger partial charge in [-0.3, -0.25) is 9.69 Å². The summed E-state index contributed by atoms with van der Waals surface area (Å²) < 4.78 is 39.8. The minimum Gasteiger partial charge on any atom is -0.369 e. The number of aromatic amines is 1. The third-order valence-corrected chi connectivity index (χ3v) is 4.33. The van der Waals surface area contributed by atoms with E-state index in [0.717, 1.165) is 0 Å². The number of aromatic nitrogens is 2. The fraction of sp³-hybridized carbons (Fsp3) is 0.467. The average Bonchev–Trinajstić information content (AvgIpc) is 2.87. The zero-order valence-corrected chi connectivity index (χ0v) is 12.4. The van der Waals surface area contributed by atoms with Gasteiger partial charge < -0.3 is 10.7 Å². The van der Waals surface area contributed by atoms with Crippen molar-refractivity contribution in [3.05, 3.63) is 29.6 Å². The smallest absolute Gasteiger partial charge is 0.369 e. The van der Waals surface area contributed by atoms with Gasteiger partial charge in [-0.2, -0.15) is 13.2 Å². The molecular weight excluding hydrogens is 309 g/mol. The number of primary amides is 1. The second kappa shape index (κ2) is 5.84. The second-order valence-electron chi connectivity index (χ2n) is 5.83. The third-order valence-electron chi connectivity index (χ3n) is 4.33. The highest BCUT2D eigenvalue weighted by Crippen LogP contribution is 2.36. The topological polar surface area (TPSA) is 75.0 Å². The highest BCUT2D eigenvalue weighted by atomic mass is 19.4. The Labute approximate surface area is 130 Å². The summed E-state index contributed by atoms with van der Waals surface area (Å²) in [6, 6.07) is 3.26. The molecule has 3 heterocycles. The highest BCUT2D eigenvalue weighted by molar-refractivity contribution is 5.81. The number of carbonyl (C=O) groups excluding carboxylic acids is 1. The van der Waals surface area contributed by atoms with Crippen molar-refractivity contribution in [1.29, 1.82) is 0 Å². The van der Waals surface area contributed by atoms with Crippen LogP contribution in [0.4, 0.5) is 13.2 Å². The SMILES string of the molecule is NC(=O)C1CCN(Cc2c(C(F)(F)F)[nH]c3ncccc23)CC1. The maximum Gasteiger partial charge on any atom is 0.431 e. The van der Waals surface area contributed by atoms with Gasteiger partial charge in [-0.15, -0.1) is 0 Å². The Kier molecular flexibility index (Phi) is 4.01. The molecule has 0 spiro atoms. The predicted octanol–water partition coefficient (Wildman–Crippen LogP) is 2.28. The van der Waals surface area contributed by atoms with Crippen LogP contribution >= 0.6 is 0 Å². The van der Waals surface area contributed by atoms with Crippen LogP contribution in [0.1, 0.15) is 24.1 Å². The number of hydrogen-bond acceptors (Lipinski definition) is 3. The number of H-pyrrole nitrogens is 1. The number of nitrogens with zero attached hydrogens (tertiary/aromatic N) is 2. The number of halogens is 3. The van der Waals surface area contributed by atoms with E-state index in [2.05, 4.69) is 9.97 Å². The van der Waals surface area contributed by atoms with E-state index in [0.29, 0.717) is 31.3 Å². The van der Waals surface area contributed by atoms with Crippen LogP contribution in [0.15, 0.2) is 18.3 Å². The molecule has 1 aliphatic heterocycles. The number of nitrogens with one attached hydrogen (secondary N) is 1. The molecule has 0 bridgehead atoms. The Bertz CT molecular complexity index is 717. The Morgan fingerprint density at radius 1 is 1.39 bits per heavy atom. The molecule has 3 rings (SSSR count). The van der Waals surface area contributed by atoms with E-state index in [4.69, 9.17) is 5.73 Å². The monoisotopic (exact) mass is 326 g/mol. The molecular formula is C15H17F3N4O. The fourth-order valence-electron chi connectivity index (χ4n) is 3.08. The van der Waals surface area contributed by atoms with Crippen molar-refractivity contribution in [1.82, 2.24) is 14.9 Å². The first-order valence-electron chi connectivity index (χ1n) is 7.40. The summed E-state index contributed by atoms with van der Waals surface area (Å²) in [4.78, 5) is 19.5. The summed E-state index contributed by atoms with van der Waals surface area (Å²) in [7, 11) is 0. The van der Waals surface area contributed by atoms with Gasteiger partial charge in [-0.1, -0.05) is 0 Å². The zero-order valence-electron chi connectivity index (χ0n) is 12.4. The molecule has 1 saturated heterocycles.